The lowest BCUT2D eigenvalue weighted by Gasteiger charge is -2.24. The van der Waals surface area contributed by atoms with Crippen LogP contribution in [0.15, 0.2) is 0 Å². The van der Waals surface area contributed by atoms with Gasteiger partial charge in [-0.3, -0.25) is 4.79 Å². The smallest absolute Gasteiger partial charge is 0.246 e. The number of hydrogen-bond donors (Lipinski definition) is 1. The van der Waals surface area contributed by atoms with Gasteiger partial charge in [-0.2, -0.15) is 0 Å². The van der Waals surface area contributed by atoms with Gasteiger partial charge in [0.1, 0.15) is 6.61 Å². The topological polar surface area (TPSA) is 38.3 Å². The van der Waals surface area contributed by atoms with Crippen LogP contribution >= 0.6 is 0 Å². The molecule has 3 nitrogen and oxygen atoms in total. The SMILES string of the molecule is CC(C)(C)NC(=O)COC1CCCCC1. The Morgan fingerprint density at radius 2 is 1.87 bits per heavy atom. The van der Waals surface area contributed by atoms with Crippen LogP contribution in [0.1, 0.15) is 52.9 Å². The Hall–Kier alpha value is -0.570. The third-order valence-electron chi connectivity index (χ3n) is 2.52. The van der Waals surface area contributed by atoms with Gasteiger partial charge in [-0.25, -0.2) is 0 Å². The van der Waals surface area contributed by atoms with Crippen LogP contribution in [0.4, 0.5) is 0 Å². The molecule has 0 heterocycles. The molecule has 0 radical (unpaired) electrons. The summed E-state index contributed by atoms with van der Waals surface area (Å²) in [4.78, 5) is 11.5. The average molecular weight is 213 g/mol. The first-order valence-corrected chi connectivity index (χ1v) is 5.90. The molecule has 0 unspecified atom stereocenters. The first-order chi connectivity index (χ1) is 6.97. The van der Waals surface area contributed by atoms with Gasteiger partial charge in [-0.05, 0) is 33.6 Å². The van der Waals surface area contributed by atoms with Crippen molar-refractivity contribution in [1.82, 2.24) is 5.32 Å². The number of carbonyl (C=O) groups is 1. The van der Waals surface area contributed by atoms with Crippen molar-refractivity contribution in [1.29, 1.82) is 0 Å². The molecule has 3 heteroatoms. The molecule has 0 aromatic heterocycles. The zero-order chi connectivity index (χ0) is 11.3. The molecule has 0 aromatic carbocycles. The fraction of sp³-hybridized carbons (Fsp3) is 0.917. The van der Waals surface area contributed by atoms with E-state index in [0.29, 0.717) is 6.10 Å². The monoisotopic (exact) mass is 213 g/mol. The van der Waals surface area contributed by atoms with Gasteiger partial charge in [-0.1, -0.05) is 19.3 Å². The molecule has 1 aliphatic carbocycles. The third kappa shape index (κ3) is 5.78. The Bertz CT molecular complexity index is 202. The number of hydrogen-bond acceptors (Lipinski definition) is 2. The van der Waals surface area contributed by atoms with E-state index in [9.17, 15) is 4.79 Å². The molecule has 0 bridgehead atoms. The summed E-state index contributed by atoms with van der Waals surface area (Å²) in [6, 6.07) is 0. The number of nitrogens with one attached hydrogen (secondary N) is 1. The van der Waals surface area contributed by atoms with Crippen LogP contribution in [-0.4, -0.2) is 24.2 Å². The van der Waals surface area contributed by atoms with Crippen molar-refractivity contribution in [2.45, 2.75) is 64.5 Å². The van der Waals surface area contributed by atoms with E-state index in [1.165, 1.54) is 19.3 Å². The number of carbonyl (C=O) groups excluding carboxylic acids is 1. The van der Waals surface area contributed by atoms with Gasteiger partial charge >= 0.3 is 0 Å². The molecule has 0 atom stereocenters. The first-order valence-electron chi connectivity index (χ1n) is 5.90. The summed E-state index contributed by atoms with van der Waals surface area (Å²) in [6.45, 7) is 6.14. The van der Waals surface area contributed by atoms with Gasteiger partial charge in [0.2, 0.25) is 5.91 Å². The Morgan fingerprint density at radius 1 is 1.27 bits per heavy atom. The van der Waals surface area contributed by atoms with E-state index >= 15 is 0 Å². The maximum absolute atomic E-state index is 11.5. The summed E-state index contributed by atoms with van der Waals surface area (Å²) in [5.74, 6) is -0.00641. The molecule has 1 rings (SSSR count). The minimum atomic E-state index is -0.160. The minimum absolute atomic E-state index is 0.00641. The van der Waals surface area contributed by atoms with Gasteiger partial charge in [0.05, 0.1) is 6.10 Å². The van der Waals surface area contributed by atoms with Crippen LogP contribution in [0.5, 0.6) is 0 Å². The van der Waals surface area contributed by atoms with E-state index in [2.05, 4.69) is 5.32 Å². The van der Waals surface area contributed by atoms with Crippen molar-refractivity contribution in [2.75, 3.05) is 6.61 Å². The van der Waals surface area contributed by atoms with Crippen molar-refractivity contribution in [3.05, 3.63) is 0 Å². The largest absolute Gasteiger partial charge is 0.368 e. The predicted molar refractivity (Wildman–Crippen MR) is 60.7 cm³/mol. The lowest BCUT2D eigenvalue weighted by atomic mass is 9.98. The van der Waals surface area contributed by atoms with Gasteiger partial charge in [-0.15, -0.1) is 0 Å². The molecule has 0 spiro atoms. The van der Waals surface area contributed by atoms with E-state index in [4.69, 9.17) is 4.74 Å². The molecule has 1 N–H and O–H groups in total. The number of amides is 1. The van der Waals surface area contributed by atoms with Crippen molar-refractivity contribution in [3.63, 3.8) is 0 Å². The summed E-state index contributed by atoms with van der Waals surface area (Å²) in [7, 11) is 0. The lowest BCUT2D eigenvalue weighted by molar-refractivity contribution is -0.129. The maximum Gasteiger partial charge on any atom is 0.246 e. The standard InChI is InChI=1S/C12H23NO2/c1-12(2,3)13-11(14)9-15-10-7-5-4-6-8-10/h10H,4-9H2,1-3H3,(H,13,14). The van der Waals surface area contributed by atoms with Crippen molar-refractivity contribution in [3.8, 4) is 0 Å². The summed E-state index contributed by atoms with van der Waals surface area (Å²) < 4.78 is 5.58. The normalized spacial score (nSPS) is 18.9. The zero-order valence-corrected chi connectivity index (χ0v) is 10.1. The molecule has 1 fully saturated rings. The fourth-order valence-corrected chi connectivity index (χ4v) is 1.88. The molecule has 1 amide bonds. The maximum atomic E-state index is 11.5. The van der Waals surface area contributed by atoms with Crippen LogP contribution in [0.25, 0.3) is 0 Å². The predicted octanol–water partition coefficient (Wildman–Crippen LogP) is 2.25. The van der Waals surface area contributed by atoms with E-state index in [-0.39, 0.29) is 18.1 Å². The van der Waals surface area contributed by atoms with Crippen molar-refractivity contribution in [2.24, 2.45) is 0 Å². The summed E-state index contributed by atoms with van der Waals surface area (Å²) in [6.07, 6.45) is 6.33. The van der Waals surface area contributed by atoms with E-state index < -0.39 is 0 Å². The Morgan fingerprint density at radius 3 is 2.40 bits per heavy atom. The van der Waals surface area contributed by atoms with Crippen molar-refractivity contribution >= 4 is 5.91 Å². The van der Waals surface area contributed by atoms with E-state index in [1.54, 1.807) is 0 Å². The lowest BCUT2D eigenvalue weighted by Crippen LogP contribution is -2.43. The van der Waals surface area contributed by atoms with Gasteiger partial charge in [0.15, 0.2) is 0 Å². The van der Waals surface area contributed by atoms with E-state index in [1.807, 2.05) is 20.8 Å². The second-order valence-electron chi connectivity index (χ2n) is 5.37. The van der Waals surface area contributed by atoms with E-state index in [0.717, 1.165) is 12.8 Å². The highest BCUT2D eigenvalue weighted by molar-refractivity contribution is 5.77. The number of ether oxygens (including phenoxy) is 1. The highest BCUT2D eigenvalue weighted by atomic mass is 16.5. The molecular formula is C12H23NO2. The molecule has 1 aliphatic rings. The molecule has 0 aromatic rings. The second-order valence-corrected chi connectivity index (χ2v) is 5.37. The Kier molecular flexibility index (Phi) is 4.58. The van der Waals surface area contributed by atoms with Crippen LogP contribution in [-0.2, 0) is 9.53 Å². The first kappa shape index (κ1) is 12.5. The Balaban J connectivity index is 2.15. The highest BCUT2D eigenvalue weighted by Crippen LogP contribution is 2.19. The van der Waals surface area contributed by atoms with Crippen LogP contribution < -0.4 is 5.32 Å². The van der Waals surface area contributed by atoms with Crippen LogP contribution in [0, 0.1) is 0 Å². The van der Waals surface area contributed by atoms with Gasteiger partial charge < -0.3 is 10.1 Å². The minimum Gasteiger partial charge on any atom is -0.368 e. The van der Waals surface area contributed by atoms with Gasteiger partial charge in [0.25, 0.3) is 0 Å². The quantitative estimate of drug-likeness (QED) is 0.781. The average Bonchev–Trinajstić information content (AvgIpc) is 2.14. The summed E-state index contributed by atoms with van der Waals surface area (Å²) >= 11 is 0. The van der Waals surface area contributed by atoms with Crippen LogP contribution in [0.2, 0.25) is 0 Å². The van der Waals surface area contributed by atoms with Crippen molar-refractivity contribution < 1.29 is 9.53 Å². The zero-order valence-electron chi connectivity index (χ0n) is 10.1. The van der Waals surface area contributed by atoms with Gasteiger partial charge in [0, 0.05) is 5.54 Å². The highest BCUT2D eigenvalue weighted by Gasteiger charge is 2.17. The number of rotatable bonds is 3. The molecule has 0 saturated heterocycles. The summed E-state index contributed by atoms with van der Waals surface area (Å²) in [5.41, 5.74) is -0.160. The fourth-order valence-electron chi connectivity index (χ4n) is 1.88. The molecule has 1 saturated carbocycles. The molecule has 88 valence electrons. The Labute approximate surface area is 92.6 Å². The molecular weight excluding hydrogens is 190 g/mol. The molecule has 15 heavy (non-hydrogen) atoms. The second kappa shape index (κ2) is 5.50. The third-order valence-corrected chi connectivity index (χ3v) is 2.52. The molecule has 0 aliphatic heterocycles. The van der Waals surface area contributed by atoms with Crippen LogP contribution in [0.3, 0.4) is 0 Å². The summed E-state index contributed by atoms with van der Waals surface area (Å²) in [5, 5.41) is 2.89.